The zero-order chi connectivity index (χ0) is 13.2. The molecule has 104 valence electrons. The minimum atomic E-state index is -4.27. The van der Waals surface area contributed by atoms with Crippen molar-refractivity contribution in [1.29, 1.82) is 0 Å². The van der Waals surface area contributed by atoms with Gasteiger partial charge in [-0.05, 0) is 17.2 Å². The van der Waals surface area contributed by atoms with Crippen LogP contribution in [0.5, 0.6) is 0 Å². The molecule has 19 heavy (non-hydrogen) atoms. The Labute approximate surface area is 126 Å². The van der Waals surface area contributed by atoms with E-state index in [2.05, 4.69) is 0 Å². The monoisotopic (exact) mass is 369 g/mol. The Bertz CT molecular complexity index is 644. The molecule has 2 aromatic carbocycles. The number of benzene rings is 2. The van der Waals surface area contributed by atoms with Crippen molar-refractivity contribution in [3.05, 3.63) is 65.7 Å². The van der Waals surface area contributed by atoms with E-state index in [4.69, 9.17) is 5.73 Å². The molecule has 0 saturated heterocycles. The SMILES string of the molecule is Nc1ccccc1C(c1ccccc1)S(=O)(=O)O.[Pd]. The fourth-order valence-corrected chi connectivity index (χ4v) is 2.93. The molecular weight excluding hydrogens is 357 g/mol. The van der Waals surface area contributed by atoms with Gasteiger partial charge in [0, 0.05) is 26.1 Å². The Hall–Kier alpha value is -1.19. The van der Waals surface area contributed by atoms with Gasteiger partial charge in [0.2, 0.25) is 0 Å². The van der Waals surface area contributed by atoms with Gasteiger partial charge in [-0.3, -0.25) is 4.55 Å². The number of para-hydroxylation sites is 1. The molecule has 0 aliphatic rings. The predicted molar refractivity (Wildman–Crippen MR) is 70.7 cm³/mol. The van der Waals surface area contributed by atoms with E-state index >= 15 is 0 Å². The summed E-state index contributed by atoms with van der Waals surface area (Å²) >= 11 is 0. The molecule has 2 rings (SSSR count). The van der Waals surface area contributed by atoms with Crippen molar-refractivity contribution in [2.45, 2.75) is 5.25 Å². The Balaban J connectivity index is 0.00000180. The van der Waals surface area contributed by atoms with Crippen LogP contribution in [-0.2, 0) is 30.5 Å². The topological polar surface area (TPSA) is 80.4 Å². The van der Waals surface area contributed by atoms with Crippen molar-refractivity contribution in [2.75, 3.05) is 5.73 Å². The Morgan fingerprint density at radius 3 is 2.00 bits per heavy atom. The molecule has 6 heteroatoms. The van der Waals surface area contributed by atoms with Gasteiger partial charge in [0.25, 0.3) is 10.1 Å². The Kier molecular flexibility index (Phi) is 5.27. The minimum Gasteiger partial charge on any atom is -0.398 e. The van der Waals surface area contributed by atoms with Crippen LogP contribution in [0.15, 0.2) is 54.6 Å². The third-order valence-corrected chi connectivity index (χ3v) is 3.80. The number of nitrogens with two attached hydrogens (primary N) is 1. The van der Waals surface area contributed by atoms with Crippen LogP contribution in [0.1, 0.15) is 16.4 Å². The molecule has 3 N–H and O–H groups in total. The summed E-state index contributed by atoms with van der Waals surface area (Å²) in [5, 5.41) is -1.15. The second-order valence-electron chi connectivity index (χ2n) is 3.93. The molecule has 4 nitrogen and oxygen atoms in total. The largest absolute Gasteiger partial charge is 0.398 e. The van der Waals surface area contributed by atoms with Gasteiger partial charge in [0.1, 0.15) is 5.25 Å². The first kappa shape index (κ1) is 15.9. The molecule has 0 fully saturated rings. The molecule has 0 amide bonds. The Morgan fingerprint density at radius 2 is 1.47 bits per heavy atom. The first-order chi connectivity index (χ1) is 8.50. The molecule has 0 saturated carbocycles. The summed E-state index contributed by atoms with van der Waals surface area (Å²) < 4.78 is 32.6. The summed E-state index contributed by atoms with van der Waals surface area (Å²) in [6, 6.07) is 15.1. The van der Waals surface area contributed by atoms with Gasteiger partial charge in [-0.15, -0.1) is 0 Å². The molecule has 0 bridgehead atoms. The smallest absolute Gasteiger partial charge is 0.276 e. The maximum absolute atomic E-state index is 11.6. The van der Waals surface area contributed by atoms with Crippen molar-refractivity contribution >= 4 is 15.8 Å². The average molecular weight is 370 g/mol. The van der Waals surface area contributed by atoms with Gasteiger partial charge in [-0.25, -0.2) is 0 Å². The second-order valence-corrected chi connectivity index (χ2v) is 5.44. The summed E-state index contributed by atoms with van der Waals surface area (Å²) in [5.41, 5.74) is 6.98. The van der Waals surface area contributed by atoms with Gasteiger partial charge in [-0.2, -0.15) is 8.42 Å². The van der Waals surface area contributed by atoms with E-state index in [1.54, 1.807) is 54.6 Å². The number of rotatable bonds is 3. The van der Waals surface area contributed by atoms with Crippen LogP contribution in [0.25, 0.3) is 0 Å². The molecule has 0 spiro atoms. The number of anilines is 1. The molecule has 0 radical (unpaired) electrons. The quantitative estimate of drug-likeness (QED) is 0.494. The zero-order valence-electron chi connectivity index (χ0n) is 9.84. The fourth-order valence-electron chi connectivity index (χ4n) is 1.89. The molecule has 0 aliphatic heterocycles. The Morgan fingerprint density at radius 1 is 0.947 bits per heavy atom. The van der Waals surface area contributed by atoms with Gasteiger partial charge in [0.15, 0.2) is 0 Å². The van der Waals surface area contributed by atoms with Crippen LogP contribution in [0, 0.1) is 0 Å². The first-order valence-electron chi connectivity index (χ1n) is 5.36. The molecule has 0 aromatic heterocycles. The van der Waals surface area contributed by atoms with Crippen LogP contribution in [-0.4, -0.2) is 13.0 Å². The number of nitrogen functional groups attached to an aromatic ring is 1. The third-order valence-electron chi connectivity index (χ3n) is 2.68. The van der Waals surface area contributed by atoms with E-state index in [1.165, 1.54) is 0 Å². The number of hydrogen-bond donors (Lipinski definition) is 2. The van der Waals surface area contributed by atoms with E-state index in [0.717, 1.165) is 0 Å². The maximum atomic E-state index is 11.6. The van der Waals surface area contributed by atoms with E-state index < -0.39 is 15.4 Å². The second kappa shape index (κ2) is 6.31. The summed E-state index contributed by atoms with van der Waals surface area (Å²) in [7, 11) is -4.27. The number of hydrogen-bond acceptors (Lipinski definition) is 3. The molecule has 0 heterocycles. The molecule has 0 aliphatic carbocycles. The molecule has 1 atom stereocenters. The summed E-state index contributed by atoms with van der Waals surface area (Å²) in [6.07, 6.45) is 0. The van der Waals surface area contributed by atoms with Gasteiger partial charge >= 0.3 is 0 Å². The normalized spacial score (nSPS) is 12.5. The summed E-state index contributed by atoms with van der Waals surface area (Å²) in [5.74, 6) is 0. The van der Waals surface area contributed by atoms with Crippen molar-refractivity contribution in [3.63, 3.8) is 0 Å². The third kappa shape index (κ3) is 3.64. The van der Waals surface area contributed by atoms with Crippen LogP contribution in [0.4, 0.5) is 5.69 Å². The minimum absolute atomic E-state index is 0. The molecular formula is C13H13NO3PdS. The van der Waals surface area contributed by atoms with Crippen LogP contribution in [0.3, 0.4) is 0 Å². The molecule has 1 unspecified atom stereocenters. The van der Waals surface area contributed by atoms with E-state index in [9.17, 15) is 13.0 Å². The van der Waals surface area contributed by atoms with Crippen LogP contribution >= 0.6 is 0 Å². The van der Waals surface area contributed by atoms with Gasteiger partial charge in [0.05, 0.1) is 0 Å². The van der Waals surface area contributed by atoms with Gasteiger partial charge in [-0.1, -0.05) is 48.5 Å². The van der Waals surface area contributed by atoms with Gasteiger partial charge < -0.3 is 5.73 Å². The van der Waals surface area contributed by atoms with E-state index in [0.29, 0.717) is 16.8 Å². The van der Waals surface area contributed by atoms with E-state index in [-0.39, 0.29) is 20.4 Å². The average Bonchev–Trinajstić information content (AvgIpc) is 2.32. The summed E-state index contributed by atoms with van der Waals surface area (Å²) in [4.78, 5) is 0. The standard InChI is InChI=1S/C13H13NO3S.Pd/c14-12-9-5-4-8-11(12)13(18(15,16)17)10-6-2-1-3-7-10;/h1-9,13H,14H2,(H,15,16,17);. The van der Waals surface area contributed by atoms with Crippen molar-refractivity contribution in [2.24, 2.45) is 0 Å². The fraction of sp³-hybridized carbons (Fsp3) is 0.0769. The van der Waals surface area contributed by atoms with Crippen molar-refractivity contribution in [3.8, 4) is 0 Å². The van der Waals surface area contributed by atoms with Crippen LogP contribution < -0.4 is 5.73 Å². The van der Waals surface area contributed by atoms with Crippen molar-refractivity contribution in [1.82, 2.24) is 0 Å². The molecule has 2 aromatic rings. The first-order valence-corrected chi connectivity index (χ1v) is 6.86. The van der Waals surface area contributed by atoms with Crippen molar-refractivity contribution < 1.29 is 33.4 Å². The predicted octanol–water partition coefficient (Wildman–Crippen LogP) is 2.24. The van der Waals surface area contributed by atoms with E-state index in [1.807, 2.05) is 0 Å². The summed E-state index contributed by atoms with van der Waals surface area (Å²) in [6.45, 7) is 0. The zero-order valence-corrected chi connectivity index (χ0v) is 12.2. The van der Waals surface area contributed by atoms with Crippen LogP contribution in [0.2, 0.25) is 0 Å². The maximum Gasteiger partial charge on any atom is 0.276 e.